The van der Waals surface area contributed by atoms with Gasteiger partial charge in [0.1, 0.15) is 27.8 Å². The molecule has 0 N–H and O–H groups in total. The minimum absolute atomic E-state index is 0.323. The van der Waals surface area contributed by atoms with Crippen molar-refractivity contribution < 1.29 is 4.39 Å². The summed E-state index contributed by atoms with van der Waals surface area (Å²) in [6, 6.07) is 10.8. The van der Waals surface area contributed by atoms with Gasteiger partial charge in [0.25, 0.3) is 0 Å². The summed E-state index contributed by atoms with van der Waals surface area (Å²) >= 11 is 1.33. The van der Waals surface area contributed by atoms with E-state index in [1.165, 1.54) is 17.4 Å². The number of fused-ring (bicyclic) bond motifs is 1. The predicted molar refractivity (Wildman–Crippen MR) is 75.3 cm³/mol. The molecule has 0 aliphatic rings. The van der Waals surface area contributed by atoms with Crippen LogP contribution in [0, 0.1) is 35.4 Å². The van der Waals surface area contributed by atoms with Crippen molar-refractivity contribution in [3.63, 3.8) is 0 Å². The van der Waals surface area contributed by atoms with Crippen molar-refractivity contribution in [3.8, 4) is 17.1 Å². The SMILES string of the molecule is Cc1cc2c(cc1F)c(C#N)cn2-c1ccc(C#N)s1. The Morgan fingerprint density at radius 3 is 2.65 bits per heavy atom. The largest absolute Gasteiger partial charge is 0.307 e. The van der Waals surface area contributed by atoms with Gasteiger partial charge in [-0.25, -0.2) is 4.39 Å². The molecule has 0 saturated heterocycles. The van der Waals surface area contributed by atoms with E-state index in [0.29, 0.717) is 21.4 Å². The maximum Gasteiger partial charge on any atom is 0.126 e. The lowest BCUT2D eigenvalue weighted by Gasteiger charge is -2.03. The van der Waals surface area contributed by atoms with Gasteiger partial charge in [0, 0.05) is 11.6 Å². The number of aryl methyl sites for hydroxylation is 1. The third-order valence-electron chi connectivity index (χ3n) is 3.14. The number of rotatable bonds is 1. The number of thiophene rings is 1. The molecule has 20 heavy (non-hydrogen) atoms. The summed E-state index contributed by atoms with van der Waals surface area (Å²) in [5.41, 5.74) is 1.72. The van der Waals surface area contributed by atoms with Crippen LogP contribution < -0.4 is 0 Å². The summed E-state index contributed by atoms with van der Waals surface area (Å²) in [5.74, 6) is -0.323. The quantitative estimate of drug-likeness (QED) is 0.679. The van der Waals surface area contributed by atoms with E-state index in [4.69, 9.17) is 5.26 Å². The molecule has 2 aromatic heterocycles. The van der Waals surface area contributed by atoms with Gasteiger partial charge in [-0.15, -0.1) is 11.3 Å². The van der Waals surface area contributed by atoms with Crippen LogP contribution in [-0.4, -0.2) is 4.57 Å². The highest BCUT2D eigenvalue weighted by molar-refractivity contribution is 7.15. The number of hydrogen-bond donors (Lipinski definition) is 0. The molecule has 0 fully saturated rings. The second-order valence-corrected chi connectivity index (χ2v) is 5.46. The molecule has 1 aromatic carbocycles. The molecule has 0 amide bonds. The third-order valence-corrected chi connectivity index (χ3v) is 4.13. The van der Waals surface area contributed by atoms with Crippen LogP contribution in [0.3, 0.4) is 0 Å². The topological polar surface area (TPSA) is 52.5 Å². The molecular weight excluding hydrogens is 273 g/mol. The molecule has 0 aliphatic heterocycles. The molecule has 5 heteroatoms. The highest BCUT2D eigenvalue weighted by Crippen LogP contribution is 2.30. The maximum absolute atomic E-state index is 13.7. The summed E-state index contributed by atoms with van der Waals surface area (Å²) in [6.07, 6.45) is 1.68. The smallest absolute Gasteiger partial charge is 0.126 e. The molecule has 0 spiro atoms. The number of nitriles is 2. The van der Waals surface area contributed by atoms with Crippen molar-refractivity contribution >= 4 is 22.2 Å². The lowest BCUT2D eigenvalue weighted by molar-refractivity contribution is 0.620. The van der Waals surface area contributed by atoms with E-state index in [0.717, 1.165) is 10.5 Å². The van der Waals surface area contributed by atoms with E-state index in [1.54, 1.807) is 25.3 Å². The van der Waals surface area contributed by atoms with Gasteiger partial charge in [-0.3, -0.25) is 0 Å². The molecule has 0 aliphatic carbocycles. The molecule has 0 saturated carbocycles. The average Bonchev–Trinajstić information content (AvgIpc) is 3.03. The van der Waals surface area contributed by atoms with Crippen LogP contribution in [0.25, 0.3) is 15.9 Å². The Balaban J connectivity index is 2.34. The van der Waals surface area contributed by atoms with Crippen LogP contribution in [0.1, 0.15) is 16.0 Å². The van der Waals surface area contributed by atoms with Gasteiger partial charge in [0.15, 0.2) is 0 Å². The third kappa shape index (κ3) is 1.77. The first kappa shape index (κ1) is 12.4. The van der Waals surface area contributed by atoms with Gasteiger partial charge in [-0.2, -0.15) is 10.5 Å². The molecule has 3 nitrogen and oxygen atoms in total. The Labute approximate surface area is 118 Å². The summed E-state index contributed by atoms with van der Waals surface area (Å²) < 4.78 is 15.5. The molecule has 2 heterocycles. The van der Waals surface area contributed by atoms with E-state index in [-0.39, 0.29) is 5.82 Å². The van der Waals surface area contributed by atoms with Crippen LogP contribution in [-0.2, 0) is 0 Å². The fraction of sp³-hybridized carbons (Fsp3) is 0.0667. The second kappa shape index (κ2) is 4.48. The molecule has 3 aromatic rings. The van der Waals surface area contributed by atoms with E-state index >= 15 is 0 Å². The monoisotopic (exact) mass is 281 g/mol. The molecule has 3 rings (SSSR count). The zero-order valence-electron chi connectivity index (χ0n) is 10.5. The minimum atomic E-state index is -0.323. The van der Waals surface area contributed by atoms with Crippen molar-refractivity contribution in [1.29, 1.82) is 10.5 Å². The summed E-state index contributed by atoms with van der Waals surface area (Å²) in [5, 5.41) is 19.5. The first-order chi connectivity index (χ1) is 9.63. The first-order valence-electron chi connectivity index (χ1n) is 5.85. The highest BCUT2D eigenvalue weighted by atomic mass is 32.1. The van der Waals surface area contributed by atoms with Crippen molar-refractivity contribution in [2.24, 2.45) is 0 Å². The second-order valence-electron chi connectivity index (χ2n) is 4.39. The Hall–Kier alpha value is -2.63. The molecule has 0 bridgehead atoms. The van der Waals surface area contributed by atoms with E-state index in [1.807, 2.05) is 10.6 Å². The van der Waals surface area contributed by atoms with Crippen LogP contribution in [0.2, 0.25) is 0 Å². The van der Waals surface area contributed by atoms with Gasteiger partial charge in [0.2, 0.25) is 0 Å². The molecule has 96 valence electrons. The van der Waals surface area contributed by atoms with Crippen LogP contribution in [0.4, 0.5) is 4.39 Å². The summed E-state index contributed by atoms with van der Waals surface area (Å²) in [7, 11) is 0. The highest BCUT2D eigenvalue weighted by Gasteiger charge is 2.13. The van der Waals surface area contributed by atoms with Gasteiger partial charge in [0.05, 0.1) is 11.1 Å². The zero-order valence-corrected chi connectivity index (χ0v) is 11.3. The Morgan fingerprint density at radius 1 is 1.20 bits per heavy atom. The maximum atomic E-state index is 13.7. The fourth-order valence-corrected chi connectivity index (χ4v) is 2.93. The number of hydrogen-bond acceptors (Lipinski definition) is 3. The van der Waals surface area contributed by atoms with E-state index < -0.39 is 0 Å². The summed E-state index contributed by atoms with van der Waals surface area (Å²) in [6.45, 7) is 1.69. The van der Waals surface area contributed by atoms with E-state index in [2.05, 4.69) is 12.1 Å². The van der Waals surface area contributed by atoms with Crippen molar-refractivity contribution in [2.75, 3.05) is 0 Å². The molecule has 0 unspecified atom stereocenters. The number of nitrogens with zero attached hydrogens (tertiary/aromatic N) is 3. The standard InChI is InChI=1S/C15H8FN3S/c1-9-4-14-12(5-13(9)16)10(6-17)8-19(14)15-3-2-11(7-18)20-15/h2-5,8H,1H3. The lowest BCUT2D eigenvalue weighted by Crippen LogP contribution is -1.89. The minimum Gasteiger partial charge on any atom is -0.307 e. The Morgan fingerprint density at radius 2 is 2.00 bits per heavy atom. The van der Waals surface area contributed by atoms with Crippen LogP contribution >= 0.6 is 11.3 Å². The van der Waals surface area contributed by atoms with Gasteiger partial charge in [-0.1, -0.05) is 0 Å². The first-order valence-corrected chi connectivity index (χ1v) is 6.67. The Kier molecular flexibility index (Phi) is 2.78. The van der Waals surface area contributed by atoms with Crippen LogP contribution in [0.5, 0.6) is 0 Å². The van der Waals surface area contributed by atoms with Crippen molar-refractivity contribution in [2.45, 2.75) is 6.92 Å². The summed E-state index contributed by atoms with van der Waals surface area (Å²) in [4.78, 5) is 0.596. The lowest BCUT2D eigenvalue weighted by atomic mass is 10.1. The van der Waals surface area contributed by atoms with Gasteiger partial charge in [-0.05, 0) is 36.8 Å². The van der Waals surface area contributed by atoms with Crippen LogP contribution in [0.15, 0.2) is 30.5 Å². The molecular formula is C15H8FN3S. The van der Waals surface area contributed by atoms with Crippen molar-refractivity contribution in [3.05, 3.63) is 52.3 Å². The Bertz CT molecular complexity index is 906. The molecule has 0 atom stereocenters. The molecule has 0 radical (unpaired) electrons. The van der Waals surface area contributed by atoms with Crippen molar-refractivity contribution in [1.82, 2.24) is 4.57 Å². The number of aromatic nitrogens is 1. The normalized spacial score (nSPS) is 10.4. The zero-order chi connectivity index (χ0) is 14.3. The number of halogens is 1. The van der Waals surface area contributed by atoms with E-state index in [9.17, 15) is 9.65 Å². The van der Waals surface area contributed by atoms with Gasteiger partial charge < -0.3 is 4.57 Å². The fourth-order valence-electron chi connectivity index (χ4n) is 2.14. The van der Waals surface area contributed by atoms with Gasteiger partial charge >= 0.3 is 0 Å². The predicted octanol–water partition coefficient (Wildman–Crippen LogP) is 3.88. The number of benzene rings is 1. The average molecular weight is 281 g/mol.